The molecule has 2 bridgehead atoms. The van der Waals surface area contributed by atoms with E-state index in [9.17, 15) is 0 Å². The molecular weight excluding hydrogens is 132 g/mol. The Labute approximate surface area is 71.4 Å². The van der Waals surface area contributed by atoms with Gasteiger partial charge in [-0.3, -0.25) is 0 Å². The molecule has 0 aromatic rings. The molecule has 2 rings (SSSR count). The smallest absolute Gasteiger partial charge is 0.0412 e. The van der Waals surface area contributed by atoms with Gasteiger partial charge in [0.25, 0.3) is 0 Å². The van der Waals surface area contributed by atoms with Crippen LogP contribution in [0.2, 0.25) is 0 Å². The van der Waals surface area contributed by atoms with Crippen LogP contribution in [0.5, 0.6) is 0 Å². The Kier molecular flexibility index (Phi) is 3.42. The molecule has 2 unspecified atom stereocenters. The van der Waals surface area contributed by atoms with Gasteiger partial charge in [-0.25, -0.2) is 0 Å². The summed E-state index contributed by atoms with van der Waals surface area (Å²) in [6.07, 6.45) is 12.4. The zero-order valence-electron chi connectivity index (χ0n) is 6.81. The molecular formula is C11H22. The van der Waals surface area contributed by atoms with Crippen molar-refractivity contribution >= 4 is 0 Å². The van der Waals surface area contributed by atoms with Gasteiger partial charge in [0.05, 0.1) is 0 Å². The van der Waals surface area contributed by atoms with Crippen molar-refractivity contribution in [1.29, 1.82) is 0 Å². The predicted octanol–water partition coefficient (Wildman–Crippen LogP) is 4.00. The van der Waals surface area contributed by atoms with Gasteiger partial charge >= 0.3 is 0 Å². The normalized spacial score (nSPS) is 37.1. The molecule has 0 spiro atoms. The van der Waals surface area contributed by atoms with Crippen LogP contribution >= 0.6 is 0 Å². The van der Waals surface area contributed by atoms with E-state index >= 15 is 0 Å². The van der Waals surface area contributed by atoms with E-state index in [0.29, 0.717) is 0 Å². The van der Waals surface area contributed by atoms with E-state index in [1.165, 1.54) is 19.3 Å². The van der Waals surface area contributed by atoms with Crippen molar-refractivity contribution in [3.63, 3.8) is 0 Å². The molecule has 2 fully saturated rings. The van der Waals surface area contributed by atoms with E-state index in [1.54, 1.807) is 32.1 Å². The quantitative estimate of drug-likeness (QED) is 0.494. The maximum atomic E-state index is 1.58. The van der Waals surface area contributed by atoms with Crippen molar-refractivity contribution in [3.8, 4) is 0 Å². The zero-order valence-corrected chi connectivity index (χ0v) is 6.81. The third-order valence-electron chi connectivity index (χ3n) is 3.37. The average Bonchev–Trinajstić information content (AvgIpc) is 2.12. The first-order valence-corrected chi connectivity index (χ1v) is 4.95. The minimum atomic E-state index is 0. The molecule has 0 N–H and O–H groups in total. The third kappa shape index (κ3) is 2.21. The molecule has 2 aliphatic rings. The van der Waals surface area contributed by atoms with E-state index in [2.05, 4.69) is 0 Å². The van der Waals surface area contributed by atoms with Crippen molar-refractivity contribution in [2.24, 2.45) is 11.8 Å². The minimum absolute atomic E-state index is 0. The fourth-order valence-corrected chi connectivity index (χ4v) is 2.79. The van der Waals surface area contributed by atoms with E-state index in [1.807, 2.05) is 0 Å². The van der Waals surface area contributed by atoms with E-state index < -0.39 is 0 Å². The molecule has 2 saturated carbocycles. The Hall–Kier alpha value is 0. The first kappa shape index (κ1) is 9.09. The zero-order chi connectivity index (χ0) is 6.81. The van der Waals surface area contributed by atoms with Crippen molar-refractivity contribution in [2.45, 2.75) is 58.8 Å². The fourth-order valence-electron chi connectivity index (χ4n) is 2.79. The summed E-state index contributed by atoms with van der Waals surface area (Å²) >= 11 is 0. The highest BCUT2D eigenvalue weighted by atomic mass is 14.3. The van der Waals surface area contributed by atoms with Gasteiger partial charge in [0.15, 0.2) is 0 Å². The van der Waals surface area contributed by atoms with Crippen molar-refractivity contribution < 1.29 is 0 Å². The molecule has 11 heavy (non-hydrogen) atoms. The summed E-state index contributed by atoms with van der Waals surface area (Å²) in [5.41, 5.74) is 0. The summed E-state index contributed by atoms with van der Waals surface area (Å²) in [5.74, 6) is 2.28. The lowest BCUT2D eigenvalue weighted by molar-refractivity contribution is 0.271. The van der Waals surface area contributed by atoms with Crippen LogP contribution in [0.15, 0.2) is 0 Å². The lowest BCUT2D eigenvalue weighted by atomic mass is 9.81. The van der Waals surface area contributed by atoms with Crippen LogP contribution in [0.1, 0.15) is 58.8 Å². The Morgan fingerprint density at radius 2 is 1.09 bits per heavy atom. The second-order valence-corrected chi connectivity index (χ2v) is 4.18. The summed E-state index contributed by atoms with van der Waals surface area (Å²) in [6.45, 7) is 0. The lowest BCUT2D eigenvalue weighted by Crippen LogP contribution is -2.12. The van der Waals surface area contributed by atoms with Crippen LogP contribution in [0.4, 0.5) is 0 Å². The van der Waals surface area contributed by atoms with Crippen LogP contribution < -0.4 is 0 Å². The molecule has 2 aliphatic carbocycles. The highest BCUT2D eigenvalue weighted by Gasteiger charge is 2.23. The van der Waals surface area contributed by atoms with Gasteiger partial charge in [-0.2, -0.15) is 0 Å². The Balaban J connectivity index is 0.000000605. The van der Waals surface area contributed by atoms with Gasteiger partial charge in [0.1, 0.15) is 0 Å². The monoisotopic (exact) mass is 154 g/mol. The topological polar surface area (TPSA) is 0 Å². The summed E-state index contributed by atoms with van der Waals surface area (Å²) in [5, 5.41) is 0. The van der Waals surface area contributed by atoms with Gasteiger partial charge in [0, 0.05) is 0 Å². The number of fused-ring (bicyclic) bond motifs is 2. The van der Waals surface area contributed by atoms with E-state index in [0.717, 1.165) is 11.8 Å². The van der Waals surface area contributed by atoms with Crippen LogP contribution in [0.25, 0.3) is 0 Å². The van der Waals surface area contributed by atoms with Gasteiger partial charge in [-0.15, -0.1) is 0 Å². The molecule has 2 atom stereocenters. The largest absolute Gasteiger partial charge is 0.0776 e. The second-order valence-electron chi connectivity index (χ2n) is 4.18. The van der Waals surface area contributed by atoms with E-state index in [-0.39, 0.29) is 7.43 Å². The van der Waals surface area contributed by atoms with Crippen molar-refractivity contribution in [1.82, 2.24) is 0 Å². The average molecular weight is 154 g/mol. The molecule has 0 nitrogen and oxygen atoms in total. The molecule has 0 radical (unpaired) electrons. The standard InChI is InChI=1S/C10H18.CH4/c1-2-5-10-7-3-6-9(4-1)8-10;/h9-10H,1-8H2;1H4. The maximum Gasteiger partial charge on any atom is -0.0412 e. The Morgan fingerprint density at radius 3 is 1.64 bits per heavy atom. The van der Waals surface area contributed by atoms with Crippen LogP contribution in [0, 0.1) is 11.8 Å². The van der Waals surface area contributed by atoms with Crippen molar-refractivity contribution in [3.05, 3.63) is 0 Å². The fraction of sp³-hybridized carbons (Fsp3) is 1.00. The second kappa shape index (κ2) is 4.13. The molecule has 0 heterocycles. The van der Waals surface area contributed by atoms with Gasteiger partial charge in [-0.05, 0) is 18.3 Å². The van der Waals surface area contributed by atoms with Crippen LogP contribution in [0.3, 0.4) is 0 Å². The van der Waals surface area contributed by atoms with Crippen LogP contribution in [-0.2, 0) is 0 Å². The molecule has 0 aliphatic heterocycles. The first-order valence-electron chi connectivity index (χ1n) is 4.95. The van der Waals surface area contributed by atoms with Gasteiger partial charge in [-0.1, -0.05) is 52.4 Å². The van der Waals surface area contributed by atoms with Gasteiger partial charge in [0.2, 0.25) is 0 Å². The Bertz CT molecular complexity index is 94.6. The van der Waals surface area contributed by atoms with Crippen LogP contribution in [-0.4, -0.2) is 0 Å². The number of hydrogen-bond acceptors (Lipinski definition) is 0. The third-order valence-corrected chi connectivity index (χ3v) is 3.37. The number of rotatable bonds is 0. The highest BCUT2D eigenvalue weighted by Crippen LogP contribution is 2.37. The van der Waals surface area contributed by atoms with Gasteiger partial charge < -0.3 is 0 Å². The summed E-state index contributed by atoms with van der Waals surface area (Å²) in [6, 6.07) is 0. The lowest BCUT2D eigenvalue weighted by Gasteiger charge is -2.25. The minimum Gasteiger partial charge on any atom is -0.0776 e. The molecule has 0 heteroatoms. The van der Waals surface area contributed by atoms with E-state index in [4.69, 9.17) is 0 Å². The summed E-state index contributed by atoms with van der Waals surface area (Å²) < 4.78 is 0. The highest BCUT2D eigenvalue weighted by molar-refractivity contribution is 4.76. The molecule has 0 aromatic heterocycles. The summed E-state index contributed by atoms with van der Waals surface area (Å²) in [7, 11) is 0. The first-order chi connectivity index (χ1) is 4.95. The number of hydrogen-bond donors (Lipinski definition) is 0. The predicted molar refractivity (Wildman–Crippen MR) is 50.6 cm³/mol. The maximum absolute atomic E-state index is 1.58. The molecule has 66 valence electrons. The van der Waals surface area contributed by atoms with Crippen molar-refractivity contribution in [2.75, 3.05) is 0 Å². The molecule has 0 saturated heterocycles. The SMILES string of the molecule is C.C1CCC2CCCC(C1)C2. The molecule has 0 amide bonds. The molecule has 0 aromatic carbocycles. The summed E-state index contributed by atoms with van der Waals surface area (Å²) in [4.78, 5) is 0. The Morgan fingerprint density at radius 1 is 0.636 bits per heavy atom.